The largest absolute Gasteiger partial charge is 0.378 e. The average Bonchev–Trinajstić information content (AvgIpc) is 2.46. The number of halogens is 1. The zero-order valence-electron chi connectivity index (χ0n) is 11.9. The van der Waals surface area contributed by atoms with E-state index >= 15 is 0 Å². The van der Waals surface area contributed by atoms with Crippen molar-refractivity contribution >= 4 is 28.1 Å². The highest BCUT2D eigenvalue weighted by atomic mass is 79.9. The summed E-state index contributed by atoms with van der Waals surface area (Å²) in [5, 5.41) is 0. The normalized spacial score (nSPS) is 18.1. The molecule has 1 aromatic heterocycles. The Hall–Kier alpha value is -0.300. The van der Waals surface area contributed by atoms with Gasteiger partial charge in [-0.25, -0.2) is 4.98 Å². The van der Waals surface area contributed by atoms with E-state index in [2.05, 4.69) is 25.9 Å². The summed E-state index contributed by atoms with van der Waals surface area (Å²) < 4.78 is 12.3. The number of ether oxygens (including phenoxy) is 2. The van der Waals surface area contributed by atoms with Crippen molar-refractivity contribution in [3.05, 3.63) is 20.6 Å². The molecule has 1 aliphatic rings. The van der Waals surface area contributed by atoms with Crippen molar-refractivity contribution in [1.82, 2.24) is 9.97 Å². The third-order valence-corrected chi connectivity index (χ3v) is 5.26. The molecule has 4 nitrogen and oxygen atoms in total. The number of nitrogens with zero attached hydrogens (tertiary/aromatic N) is 1. The predicted octanol–water partition coefficient (Wildman–Crippen LogP) is 4.32. The minimum absolute atomic E-state index is 0.0132. The number of H-pyrrole nitrogens is 1. The maximum Gasteiger partial charge on any atom is 0.144 e. The average molecular weight is 361 g/mol. The molecule has 1 fully saturated rings. The van der Waals surface area contributed by atoms with Gasteiger partial charge in [0.15, 0.2) is 0 Å². The molecular weight excluding hydrogens is 340 g/mol. The van der Waals surface area contributed by atoms with Crippen LogP contribution in [-0.4, -0.2) is 24.2 Å². The molecule has 1 N–H and O–H groups in total. The Kier molecular flexibility index (Phi) is 6.14. The second-order valence-electron chi connectivity index (χ2n) is 5.21. The number of aromatic amines is 1. The number of methoxy groups -OCH3 is 2. The van der Waals surface area contributed by atoms with Gasteiger partial charge in [0, 0.05) is 14.2 Å². The van der Waals surface area contributed by atoms with Crippen LogP contribution in [0.15, 0.2) is 4.47 Å². The van der Waals surface area contributed by atoms with E-state index in [1.807, 2.05) is 0 Å². The first kappa shape index (κ1) is 16.1. The summed E-state index contributed by atoms with van der Waals surface area (Å²) >= 11 is 8.79. The maximum atomic E-state index is 5.71. The van der Waals surface area contributed by atoms with E-state index in [1.54, 1.807) is 14.2 Å². The summed E-state index contributed by atoms with van der Waals surface area (Å²) in [6.07, 6.45) is 6.23. The Labute approximate surface area is 133 Å². The molecule has 1 saturated carbocycles. The molecule has 0 radical (unpaired) electrons. The quantitative estimate of drug-likeness (QED) is 0.794. The van der Waals surface area contributed by atoms with E-state index in [0.29, 0.717) is 17.2 Å². The molecule has 2 rings (SSSR count). The fourth-order valence-corrected chi connectivity index (χ4v) is 3.39. The van der Waals surface area contributed by atoms with Crippen LogP contribution in [0.5, 0.6) is 0 Å². The van der Waals surface area contributed by atoms with Gasteiger partial charge in [-0.15, -0.1) is 0 Å². The van der Waals surface area contributed by atoms with Crippen LogP contribution >= 0.6 is 28.1 Å². The molecule has 1 aliphatic carbocycles. The lowest BCUT2D eigenvalue weighted by Crippen LogP contribution is -2.21. The van der Waals surface area contributed by atoms with Crippen LogP contribution in [0.3, 0.4) is 0 Å². The Morgan fingerprint density at radius 2 is 2.05 bits per heavy atom. The van der Waals surface area contributed by atoms with Crippen molar-refractivity contribution in [3.8, 4) is 0 Å². The van der Waals surface area contributed by atoms with Crippen molar-refractivity contribution < 1.29 is 9.47 Å². The van der Waals surface area contributed by atoms with Crippen molar-refractivity contribution in [3.63, 3.8) is 0 Å². The fourth-order valence-electron chi connectivity index (χ4n) is 2.87. The predicted molar refractivity (Wildman–Crippen MR) is 84.2 cm³/mol. The van der Waals surface area contributed by atoms with E-state index in [9.17, 15) is 0 Å². The van der Waals surface area contributed by atoms with Gasteiger partial charge in [0.2, 0.25) is 0 Å². The van der Waals surface area contributed by atoms with Crippen LogP contribution in [0, 0.1) is 10.6 Å². The molecule has 0 aromatic carbocycles. The number of nitrogens with one attached hydrogen (secondary N) is 1. The number of hydrogen-bond donors (Lipinski definition) is 1. The third-order valence-electron chi connectivity index (χ3n) is 3.84. The smallest absolute Gasteiger partial charge is 0.144 e. The van der Waals surface area contributed by atoms with Crippen molar-refractivity contribution in [2.24, 2.45) is 5.92 Å². The molecule has 20 heavy (non-hydrogen) atoms. The molecule has 0 bridgehead atoms. The van der Waals surface area contributed by atoms with Crippen LogP contribution < -0.4 is 0 Å². The molecule has 1 heterocycles. The summed E-state index contributed by atoms with van der Waals surface area (Å²) in [6.45, 7) is 0.473. The molecule has 0 aliphatic heterocycles. The first-order valence-corrected chi connectivity index (χ1v) is 8.17. The second kappa shape index (κ2) is 7.64. The highest BCUT2D eigenvalue weighted by molar-refractivity contribution is 9.10. The molecule has 112 valence electrons. The summed E-state index contributed by atoms with van der Waals surface area (Å²) in [5.74, 6) is 1.34. The minimum Gasteiger partial charge on any atom is -0.378 e. The van der Waals surface area contributed by atoms with Gasteiger partial charge in [-0.05, 0) is 34.7 Å². The highest BCUT2D eigenvalue weighted by Crippen LogP contribution is 2.35. The molecule has 1 unspecified atom stereocenters. The third kappa shape index (κ3) is 3.67. The number of rotatable bonds is 5. The first-order chi connectivity index (χ1) is 9.67. The van der Waals surface area contributed by atoms with Crippen molar-refractivity contribution in [2.75, 3.05) is 14.2 Å². The van der Waals surface area contributed by atoms with Gasteiger partial charge in [-0.3, -0.25) is 0 Å². The van der Waals surface area contributed by atoms with Crippen LogP contribution in [0.25, 0.3) is 0 Å². The molecule has 1 aromatic rings. The van der Waals surface area contributed by atoms with Crippen LogP contribution in [0.4, 0.5) is 0 Å². The first-order valence-electron chi connectivity index (χ1n) is 6.97. The van der Waals surface area contributed by atoms with Gasteiger partial charge >= 0.3 is 0 Å². The zero-order chi connectivity index (χ0) is 14.5. The molecule has 0 saturated heterocycles. The van der Waals surface area contributed by atoms with E-state index in [4.69, 9.17) is 21.7 Å². The van der Waals surface area contributed by atoms with E-state index in [1.165, 1.54) is 32.1 Å². The summed E-state index contributed by atoms with van der Waals surface area (Å²) in [5.41, 5.74) is 0.917. The molecule has 0 amide bonds. The maximum absolute atomic E-state index is 5.71. The van der Waals surface area contributed by atoms with Gasteiger partial charge in [0.25, 0.3) is 0 Å². The van der Waals surface area contributed by atoms with E-state index < -0.39 is 0 Å². The van der Waals surface area contributed by atoms with Gasteiger partial charge < -0.3 is 14.5 Å². The lowest BCUT2D eigenvalue weighted by molar-refractivity contribution is 0.0283. The molecule has 6 heteroatoms. The molecule has 0 spiro atoms. The Balaban J connectivity index is 2.31. The van der Waals surface area contributed by atoms with Crippen molar-refractivity contribution in [2.45, 2.75) is 44.8 Å². The van der Waals surface area contributed by atoms with E-state index in [0.717, 1.165) is 16.0 Å². The Bertz CT molecular complexity index is 500. The SMILES string of the molecule is COCc1[nH]c(C(OC)C2CCCCC2)nc(=S)c1Br. The lowest BCUT2D eigenvalue weighted by Gasteiger charge is -2.28. The second-order valence-corrected chi connectivity index (χ2v) is 6.39. The van der Waals surface area contributed by atoms with Gasteiger partial charge in [-0.2, -0.15) is 0 Å². The summed E-state index contributed by atoms with van der Waals surface area (Å²) in [6, 6.07) is 0. The number of hydrogen-bond acceptors (Lipinski definition) is 4. The van der Waals surface area contributed by atoms with E-state index in [-0.39, 0.29) is 6.10 Å². The zero-order valence-corrected chi connectivity index (χ0v) is 14.3. The summed E-state index contributed by atoms with van der Waals surface area (Å²) in [7, 11) is 3.41. The summed E-state index contributed by atoms with van der Waals surface area (Å²) in [4.78, 5) is 7.82. The Morgan fingerprint density at radius 3 is 2.65 bits per heavy atom. The van der Waals surface area contributed by atoms with Gasteiger partial charge in [-0.1, -0.05) is 31.5 Å². The van der Waals surface area contributed by atoms with Crippen LogP contribution in [0.1, 0.15) is 49.7 Å². The van der Waals surface area contributed by atoms with Crippen LogP contribution in [-0.2, 0) is 16.1 Å². The highest BCUT2D eigenvalue weighted by Gasteiger charge is 2.27. The topological polar surface area (TPSA) is 47.1 Å². The van der Waals surface area contributed by atoms with Gasteiger partial charge in [0.05, 0.1) is 16.8 Å². The van der Waals surface area contributed by atoms with Crippen LogP contribution in [0.2, 0.25) is 0 Å². The fraction of sp³-hybridized carbons (Fsp3) is 0.714. The van der Waals surface area contributed by atoms with Gasteiger partial charge in [0.1, 0.15) is 16.6 Å². The Morgan fingerprint density at radius 1 is 1.35 bits per heavy atom. The standard InChI is InChI=1S/C14H21BrN2O2S/c1-18-8-10-11(15)14(20)17-13(16-10)12(19-2)9-6-4-3-5-7-9/h9,12H,3-8H2,1-2H3,(H,16,17,20). The number of aromatic nitrogens is 2. The monoisotopic (exact) mass is 360 g/mol. The molecular formula is C14H21BrN2O2S. The molecule has 1 atom stereocenters. The lowest BCUT2D eigenvalue weighted by atomic mass is 9.85. The van der Waals surface area contributed by atoms with Crippen molar-refractivity contribution in [1.29, 1.82) is 0 Å². The minimum atomic E-state index is -0.0132.